The summed E-state index contributed by atoms with van der Waals surface area (Å²) in [6.45, 7) is 1.73. The Morgan fingerprint density at radius 3 is 2.56 bits per heavy atom. The Kier molecular flexibility index (Phi) is 5.63. The number of rotatable bonds is 4. The monoisotopic (exact) mass is 218 g/mol. The Balaban J connectivity index is 2.38. The van der Waals surface area contributed by atoms with Crippen molar-refractivity contribution >= 4 is 0 Å². The average Bonchev–Trinajstić information content (AvgIpc) is 2.34. The van der Waals surface area contributed by atoms with Gasteiger partial charge in [-0.3, -0.25) is 0 Å². The van der Waals surface area contributed by atoms with E-state index >= 15 is 0 Å². The van der Waals surface area contributed by atoms with Crippen LogP contribution >= 0.6 is 0 Å². The summed E-state index contributed by atoms with van der Waals surface area (Å²) in [6, 6.07) is 10.1. The molecule has 0 aromatic heterocycles. The van der Waals surface area contributed by atoms with Crippen LogP contribution in [0.3, 0.4) is 0 Å². The summed E-state index contributed by atoms with van der Waals surface area (Å²) in [5, 5.41) is 18.4. The lowest BCUT2D eigenvalue weighted by molar-refractivity contribution is 0.132. The third-order valence-corrected chi connectivity index (χ3v) is 2.56. The van der Waals surface area contributed by atoms with Crippen LogP contribution in [0.1, 0.15) is 18.9 Å². The summed E-state index contributed by atoms with van der Waals surface area (Å²) in [7, 11) is 0. The molecular weight excluding hydrogens is 200 g/mol. The Morgan fingerprint density at radius 1 is 1.25 bits per heavy atom. The first-order chi connectivity index (χ1) is 7.74. The molecule has 0 bridgehead atoms. The fourth-order valence-electron chi connectivity index (χ4n) is 1.51. The van der Waals surface area contributed by atoms with Crippen molar-refractivity contribution in [2.45, 2.75) is 25.9 Å². The van der Waals surface area contributed by atoms with Crippen LogP contribution in [0.4, 0.5) is 0 Å². The number of aliphatic hydroxyl groups excluding tert-OH is 2. The molecule has 16 heavy (non-hydrogen) atoms. The second kappa shape index (κ2) is 7.05. The Bertz CT molecular complexity index is 348. The van der Waals surface area contributed by atoms with E-state index in [9.17, 15) is 5.11 Å². The average molecular weight is 218 g/mol. The topological polar surface area (TPSA) is 40.5 Å². The van der Waals surface area contributed by atoms with Crippen LogP contribution in [0.15, 0.2) is 30.3 Å². The van der Waals surface area contributed by atoms with Gasteiger partial charge in [0.15, 0.2) is 0 Å². The van der Waals surface area contributed by atoms with Crippen molar-refractivity contribution in [2.75, 3.05) is 6.61 Å². The van der Waals surface area contributed by atoms with Crippen molar-refractivity contribution in [2.24, 2.45) is 5.92 Å². The van der Waals surface area contributed by atoms with E-state index in [-0.39, 0.29) is 12.5 Å². The minimum absolute atomic E-state index is 0.0872. The van der Waals surface area contributed by atoms with E-state index in [2.05, 4.69) is 24.0 Å². The maximum Gasteiger partial charge on any atom is 0.104 e. The zero-order valence-electron chi connectivity index (χ0n) is 9.56. The quantitative estimate of drug-likeness (QED) is 0.754. The smallest absolute Gasteiger partial charge is 0.104 e. The van der Waals surface area contributed by atoms with Gasteiger partial charge < -0.3 is 10.2 Å². The van der Waals surface area contributed by atoms with Crippen molar-refractivity contribution in [1.29, 1.82) is 0 Å². The molecule has 0 saturated heterocycles. The summed E-state index contributed by atoms with van der Waals surface area (Å²) < 4.78 is 0. The second-order valence-corrected chi connectivity index (χ2v) is 3.86. The normalized spacial score (nSPS) is 13.7. The highest BCUT2D eigenvalue weighted by Crippen LogP contribution is 2.10. The third-order valence-electron chi connectivity index (χ3n) is 2.56. The van der Waals surface area contributed by atoms with E-state index in [0.29, 0.717) is 6.42 Å². The van der Waals surface area contributed by atoms with Crippen LogP contribution < -0.4 is 0 Å². The van der Waals surface area contributed by atoms with E-state index in [1.54, 1.807) is 0 Å². The van der Waals surface area contributed by atoms with Crippen molar-refractivity contribution in [3.63, 3.8) is 0 Å². The van der Waals surface area contributed by atoms with Gasteiger partial charge in [-0.15, -0.1) is 0 Å². The largest absolute Gasteiger partial charge is 0.392 e. The molecule has 2 atom stereocenters. The predicted octanol–water partition coefficient (Wildman–Crippen LogP) is 1.61. The first-order valence-electron chi connectivity index (χ1n) is 5.55. The Labute approximate surface area is 96.9 Å². The minimum Gasteiger partial charge on any atom is -0.392 e. The van der Waals surface area contributed by atoms with Crippen molar-refractivity contribution in [3.05, 3.63) is 35.9 Å². The van der Waals surface area contributed by atoms with E-state index in [0.717, 1.165) is 6.42 Å². The van der Waals surface area contributed by atoms with Gasteiger partial charge in [0, 0.05) is 5.92 Å². The van der Waals surface area contributed by atoms with Crippen molar-refractivity contribution < 1.29 is 10.2 Å². The van der Waals surface area contributed by atoms with Crippen molar-refractivity contribution in [1.82, 2.24) is 0 Å². The molecule has 1 rings (SSSR count). The fourth-order valence-corrected chi connectivity index (χ4v) is 1.51. The molecule has 0 spiro atoms. The van der Waals surface area contributed by atoms with E-state index in [1.165, 1.54) is 5.56 Å². The van der Waals surface area contributed by atoms with E-state index in [1.807, 2.05) is 25.1 Å². The van der Waals surface area contributed by atoms with Gasteiger partial charge in [-0.25, -0.2) is 0 Å². The fraction of sp³-hybridized carbons (Fsp3) is 0.429. The lowest BCUT2D eigenvalue weighted by Gasteiger charge is -2.13. The summed E-state index contributed by atoms with van der Waals surface area (Å²) in [6.07, 6.45) is 1.12. The van der Waals surface area contributed by atoms with Crippen LogP contribution in [0, 0.1) is 17.8 Å². The number of benzene rings is 1. The van der Waals surface area contributed by atoms with Gasteiger partial charge in [0.1, 0.15) is 6.61 Å². The molecule has 0 aliphatic heterocycles. The maximum atomic E-state index is 9.82. The molecule has 1 aromatic rings. The highest BCUT2D eigenvalue weighted by Gasteiger charge is 2.11. The molecule has 0 amide bonds. The van der Waals surface area contributed by atoms with Gasteiger partial charge in [0.2, 0.25) is 0 Å². The summed E-state index contributed by atoms with van der Waals surface area (Å²) in [5.74, 6) is 5.30. The zero-order valence-corrected chi connectivity index (χ0v) is 9.56. The van der Waals surface area contributed by atoms with Gasteiger partial charge in [0.05, 0.1) is 6.10 Å². The first-order valence-corrected chi connectivity index (χ1v) is 5.55. The third kappa shape index (κ3) is 4.48. The van der Waals surface area contributed by atoms with E-state index in [4.69, 9.17) is 5.11 Å². The molecule has 1 aromatic carbocycles. The van der Waals surface area contributed by atoms with Gasteiger partial charge >= 0.3 is 0 Å². The first kappa shape index (κ1) is 12.8. The summed E-state index contributed by atoms with van der Waals surface area (Å²) in [4.78, 5) is 0. The highest BCUT2D eigenvalue weighted by molar-refractivity contribution is 5.15. The number of hydrogen-bond acceptors (Lipinski definition) is 2. The van der Waals surface area contributed by atoms with Crippen molar-refractivity contribution in [3.8, 4) is 11.8 Å². The standard InChI is InChI=1S/C14H18O2/c1-12(6-5-11-15)14(16)10-9-13-7-3-2-4-8-13/h2-4,7-8,12,14-16H,9-11H2,1H3/t12-,14+/m1/s1. The highest BCUT2D eigenvalue weighted by atomic mass is 16.3. The molecule has 2 nitrogen and oxygen atoms in total. The summed E-state index contributed by atoms with van der Waals surface area (Å²) >= 11 is 0. The van der Waals surface area contributed by atoms with Crippen LogP contribution in [0.5, 0.6) is 0 Å². The maximum absolute atomic E-state index is 9.82. The van der Waals surface area contributed by atoms with Crippen LogP contribution in [-0.2, 0) is 6.42 Å². The number of hydrogen-bond donors (Lipinski definition) is 2. The number of aliphatic hydroxyl groups is 2. The molecular formula is C14H18O2. The van der Waals surface area contributed by atoms with Gasteiger partial charge in [-0.2, -0.15) is 0 Å². The van der Waals surface area contributed by atoms with Crippen LogP contribution in [0.2, 0.25) is 0 Å². The lowest BCUT2D eigenvalue weighted by atomic mass is 9.98. The van der Waals surface area contributed by atoms with Gasteiger partial charge in [-0.1, -0.05) is 42.2 Å². The second-order valence-electron chi connectivity index (χ2n) is 3.86. The van der Waals surface area contributed by atoms with Crippen LogP contribution in [0.25, 0.3) is 0 Å². The number of aryl methyl sites for hydroxylation is 1. The SMILES string of the molecule is C[C@H](C#CCO)[C@@H](O)CCc1ccccc1. The van der Waals surface area contributed by atoms with Gasteiger partial charge in [0.25, 0.3) is 0 Å². The van der Waals surface area contributed by atoms with E-state index < -0.39 is 6.10 Å². The molecule has 2 N–H and O–H groups in total. The molecule has 0 saturated carbocycles. The lowest BCUT2D eigenvalue weighted by Crippen LogP contribution is -2.17. The van der Waals surface area contributed by atoms with Crippen LogP contribution in [-0.4, -0.2) is 22.9 Å². The summed E-state index contributed by atoms with van der Waals surface area (Å²) in [5.41, 5.74) is 1.23. The molecule has 2 heteroatoms. The Morgan fingerprint density at radius 2 is 1.94 bits per heavy atom. The molecule has 0 radical (unpaired) electrons. The molecule has 0 fully saturated rings. The molecule has 0 aliphatic rings. The Hall–Kier alpha value is -1.30. The molecule has 0 aliphatic carbocycles. The minimum atomic E-state index is -0.431. The molecule has 86 valence electrons. The van der Waals surface area contributed by atoms with Gasteiger partial charge in [-0.05, 0) is 25.3 Å². The predicted molar refractivity (Wildman–Crippen MR) is 64.8 cm³/mol. The molecule has 0 unspecified atom stereocenters. The zero-order chi connectivity index (χ0) is 11.8. The molecule has 0 heterocycles.